The minimum atomic E-state index is -3.96. The monoisotopic (exact) mass is 496 g/mol. The lowest BCUT2D eigenvalue weighted by Gasteiger charge is -2.13. The molecule has 0 radical (unpaired) electrons. The van der Waals surface area contributed by atoms with Gasteiger partial charge in [-0.25, -0.2) is 17.8 Å². The Morgan fingerprint density at radius 3 is 2.44 bits per heavy atom. The highest BCUT2D eigenvalue weighted by molar-refractivity contribution is 7.92. The van der Waals surface area contributed by atoms with E-state index < -0.39 is 21.7 Å². The molecule has 0 spiro atoms. The molecule has 10 heteroatoms. The highest BCUT2D eigenvalue weighted by Crippen LogP contribution is 2.26. The Kier molecular flexibility index (Phi) is 6.76. The van der Waals surface area contributed by atoms with Crippen LogP contribution >= 0.6 is 11.6 Å². The second kappa shape index (κ2) is 9.90. The van der Waals surface area contributed by atoms with Gasteiger partial charge in [-0.3, -0.25) is 9.52 Å². The van der Waals surface area contributed by atoms with E-state index in [1.54, 1.807) is 48.5 Å². The van der Waals surface area contributed by atoms with Gasteiger partial charge in [0.05, 0.1) is 21.2 Å². The summed E-state index contributed by atoms with van der Waals surface area (Å²) in [5.41, 5.74) is 1.11. The molecule has 0 aliphatic heterocycles. The van der Waals surface area contributed by atoms with Crippen LogP contribution in [0.1, 0.15) is 10.4 Å². The highest BCUT2D eigenvalue weighted by Gasteiger charge is 2.18. The molecule has 172 valence electrons. The summed E-state index contributed by atoms with van der Waals surface area (Å²) in [6.07, 6.45) is 1.49. The molecule has 4 aromatic rings. The SMILES string of the molecule is O=C(Nc1cccc(S(=O)(=O)Nc2ccccc2Cl)c1)c1cccnc1Nc1cccc(F)c1. The zero-order chi connectivity index (χ0) is 24.1. The summed E-state index contributed by atoms with van der Waals surface area (Å²) in [4.78, 5) is 17.0. The van der Waals surface area contributed by atoms with Crippen LogP contribution in [0.5, 0.6) is 0 Å². The Balaban J connectivity index is 1.55. The van der Waals surface area contributed by atoms with Crippen LogP contribution in [0.25, 0.3) is 0 Å². The van der Waals surface area contributed by atoms with Gasteiger partial charge in [0.15, 0.2) is 0 Å². The van der Waals surface area contributed by atoms with E-state index in [0.717, 1.165) is 0 Å². The van der Waals surface area contributed by atoms with Gasteiger partial charge >= 0.3 is 0 Å². The first-order valence-corrected chi connectivity index (χ1v) is 11.8. The largest absolute Gasteiger partial charge is 0.339 e. The number of hydrogen-bond acceptors (Lipinski definition) is 5. The molecular weight excluding hydrogens is 479 g/mol. The number of benzene rings is 3. The first-order chi connectivity index (χ1) is 16.3. The number of para-hydroxylation sites is 1. The number of sulfonamides is 1. The van der Waals surface area contributed by atoms with Crippen molar-refractivity contribution in [2.75, 3.05) is 15.4 Å². The molecule has 0 saturated carbocycles. The van der Waals surface area contributed by atoms with Crippen LogP contribution < -0.4 is 15.4 Å². The third kappa shape index (κ3) is 5.51. The second-order valence-electron chi connectivity index (χ2n) is 7.10. The summed E-state index contributed by atoms with van der Waals surface area (Å²) in [6.45, 7) is 0. The number of aromatic nitrogens is 1. The average Bonchev–Trinajstić information content (AvgIpc) is 2.81. The standard InChI is InChI=1S/C24H18ClFN4O3S/c25-21-11-1-2-12-22(21)30-34(32,33)19-9-4-8-18(15-19)29-24(31)20-10-5-13-27-23(20)28-17-7-3-6-16(26)14-17/h1-15,30H,(H,27,28)(H,29,31). The number of pyridine rings is 1. The van der Waals surface area contributed by atoms with E-state index in [2.05, 4.69) is 20.3 Å². The van der Waals surface area contributed by atoms with E-state index in [9.17, 15) is 17.6 Å². The van der Waals surface area contributed by atoms with E-state index in [1.165, 1.54) is 42.6 Å². The van der Waals surface area contributed by atoms with Crippen LogP contribution in [0.4, 0.5) is 27.3 Å². The number of halogens is 2. The quantitative estimate of drug-likeness (QED) is 0.306. The molecule has 1 heterocycles. The Morgan fingerprint density at radius 1 is 0.882 bits per heavy atom. The number of rotatable bonds is 7. The van der Waals surface area contributed by atoms with Gasteiger partial charge in [-0.05, 0) is 60.7 Å². The van der Waals surface area contributed by atoms with E-state index in [1.807, 2.05) is 0 Å². The lowest BCUT2D eigenvalue weighted by Crippen LogP contribution is -2.16. The molecular formula is C24H18ClFN4O3S. The van der Waals surface area contributed by atoms with E-state index in [0.29, 0.717) is 5.69 Å². The van der Waals surface area contributed by atoms with Crippen LogP contribution in [0.3, 0.4) is 0 Å². The summed E-state index contributed by atoms with van der Waals surface area (Å²) < 4.78 is 41.6. The molecule has 7 nitrogen and oxygen atoms in total. The number of carbonyl (C=O) groups excluding carboxylic acids is 1. The maximum absolute atomic E-state index is 13.5. The molecule has 3 aromatic carbocycles. The maximum Gasteiger partial charge on any atom is 0.262 e. The van der Waals surface area contributed by atoms with Crippen LogP contribution in [0, 0.1) is 5.82 Å². The van der Waals surface area contributed by atoms with Crippen molar-refractivity contribution < 1.29 is 17.6 Å². The predicted molar refractivity (Wildman–Crippen MR) is 131 cm³/mol. The summed E-state index contributed by atoms with van der Waals surface area (Å²) in [5.74, 6) is -0.745. The van der Waals surface area contributed by atoms with E-state index in [-0.39, 0.29) is 32.7 Å². The molecule has 0 aliphatic carbocycles. The fourth-order valence-electron chi connectivity index (χ4n) is 3.08. The minimum absolute atomic E-state index is 0.0606. The topological polar surface area (TPSA) is 100 Å². The smallest absolute Gasteiger partial charge is 0.262 e. The number of carbonyl (C=O) groups is 1. The van der Waals surface area contributed by atoms with Gasteiger partial charge in [-0.2, -0.15) is 0 Å². The number of nitrogens with one attached hydrogen (secondary N) is 3. The molecule has 0 bridgehead atoms. The molecule has 1 amide bonds. The first kappa shape index (κ1) is 23.2. The zero-order valence-corrected chi connectivity index (χ0v) is 19.1. The number of anilines is 4. The third-order valence-corrected chi connectivity index (χ3v) is 6.35. The van der Waals surface area contributed by atoms with Gasteiger partial charge in [-0.15, -0.1) is 0 Å². The maximum atomic E-state index is 13.5. The first-order valence-electron chi connectivity index (χ1n) is 9.98. The van der Waals surface area contributed by atoms with Crippen molar-refractivity contribution in [2.45, 2.75) is 4.90 Å². The number of amides is 1. The molecule has 1 aromatic heterocycles. The van der Waals surface area contributed by atoms with Crippen LogP contribution in [0.2, 0.25) is 5.02 Å². The lowest BCUT2D eigenvalue weighted by atomic mass is 10.2. The van der Waals surface area contributed by atoms with Crippen molar-refractivity contribution in [1.82, 2.24) is 4.98 Å². The lowest BCUT2D eigenvalue weighted by molar-refractivity contribution is 0.102. The van der Waals surface area contributed by atoms with Gasteiger partial charge < -0.3 is 10.6 Å². The third-order valence-electron chi connectivity index (χ3n) is 4.66. The van der Waals surface area contributed by atoms with Gasteiger partial charge in [0.1, 0.15) is 11.6 Å². The van der Waals surface area contributed by atoms with Gasteiger partial charge in [0, 0.05) is 17.6 Å². The fourth-order valence-corrected chi connectivity index (χ4v) is 4.44. The fraction of sp³-hybridized carbons (Fsp3) is 0. The summed E-state index contributed by atoms with van der Waals surface area (Å²) in [6, 6.07) is 21.1. The molecule has 0 aliphatic rings. The van der Waals surface area contributed by atoms with Crippen molar-refractivity contribution >= 4 is 50.4 Å². The number of hydrogen-bond donors (Lipinski definition) is 3. The van der Waals surface area contributed by atoms with Crippen LogP contribution in [0.15, 0.2) is 96.0 Å². The summed E-state index contributed by atoms with van der Waals surface area (Å²) in [7, 11) is -3.96. The molecule has 34 heavy (non-hydrogen) atoms. The molecule has 0 fully saturated rings. The minimum Gasteiger partial charge on any atom is -0.339 e. The molecule has 3 N–H and O–H groups in total. The number of nitrogens with zero attached hydrogens (tertiary/aromatic N) is 1. The summed E-state index contributed by atoms with van der Waals surface area (Å²) in [5, 5.41) is 5.85. The van der Waals surface area contributed by atoms with Gasteiger partial charge in [-0.1, -0.05) is 35.9 Å². The highest BCUT2D eigenvalue weighted by atomic mass is 35.5. The van der Waals surface area contributed by atoms with Crippen LogP contribution in [-0.2, 0) is 10.0 Å². The molecule has 0 atom stereocenters. The zero-order valence-electron chi connectivity index (χ0n) is 17.5. The van der Waals surface area contributed by atoms with Crippen molar-refractivity contribution in [3.8, 4) is 0 Å². The Morgan fingerprint density at radius 2 is 1.65 bits per heavy atom. The van der Waals surface area contributed by atoms with Crippen molar-refractivity contribution in [3.63, 3.8) is 0 Å². The van der Waals surface area contributed by atoms with Crippen molar-refractivity contribution in [3.05, 3.63) is 108 Å². The normalized spacial score (nSPS) is 11.0. The predicted octanol–water partition coefficient (Wildman–Crippen LogP) is 5.67. The Bertz CT molecular complexity index is 1460. The second-order valence-corrected chi connectivity index (χ2v) is 9.19. The Labute approximate surface area is 200 Å². The van der Waals surface area contributed by atoms with Crippen molar-refractivity contribution in [2.24, 2.45) is 0 Å². The molecule has 0 unspecified atom stereocenters. The molecule has 4 rings (SSSR count). The van der Waals surface area contributed by atoms with Gasteiger partial charge in [0.25, 0.3) is 15.9 Å². The van der Waals surface area contributed by atoms with E-state index >= 15 is 0 Å². The average molecular weight is 497 g/mol. The van der Waals surface area contributed by atoms with Crippen molar-refractivity contribution in [1.29, 1.82) is 0 Å². The van der Waals surface area contributed by atoms with E-state index in [4.69, 9.17) is 11.6 Å². The van der Waals surface area contributed by atoms with Gasteiger partial charge in [0.2, 0.25) is 0 Å². The summed E-state index contributed by atoms with van der Waals surface area (Å²) >= 11 is 6.05. The Hall–Kier alpha value is -3.95. The molecule has 0 saturated heterocycles. The van der Waals surface area contributed by atoms with Crippen LogP contribution in [-0.4, -0.2) is 19.3 Å².